The number of benzene rings is 4. The third-order valence-electron chi connectivity index (χ3n) is 6.06. The maximum Gasteiger partial charge on any atom is 0.0497 e. The molecular weight excluding hydrogens is 386 g/mol. The van der Waals surface area contributed by atoms with Gasteiger partial charge in [0.15, 0.2) is 0 Å². The van der Waals surface area contributed by atoms with E-state index in [4.69, 9.17) is 0 Å². The van der Waals surface area contributed by atoms with Crippen LogP contribution >= 0.6 is 0 Å². The molecule has 0 heterocycles. The Balaban J connectivity index is 1.98. The van der Waals surface area contributed by atoms with Crippen molar-refractivity contribution in [2.75, 3.05) is 12.4 Å². The molecule has 0 radical (unpaired) electrons. The van der Waals surface area contributed by atoms with Gasteiger partial charge < -0.3 is 5.32 Å². The normalized spacial score (nSPS) is 11.4. The highest BCUT2D eigenvalue weighted by Crippen LogP contribution is 2.40. The van der Waals surface area contributed by atoms with Crippen molar-refractivity contribution in [3.8, 4) is 22.3 Å². The molecular formula is C31H31N. The molecule has 0 atom stereocenters. The van der Waals surface area contributed by atoms with Gasteiger partial charge in [-0.05, 0) is 54.2 Å². The number of allylic oxidation sites excluding steroid dienone is 1. The van der Waals surface area contributed by atoms with Gasteiger partial charge in [0.2, 0.25) is 0 Å². The fourth-order valence-electron chi connectivity index (χ4n) is 4.21. The van der Waals surface area contributed by atoms with Crippen LogP contribution in [0.25, 0.3) is 33.9 Å². The summed E-state index contributed by atoms with van der Waals surface area (Å²) in [6.07, 6.45) is 3.34. The van der Waals surface area contributed by atoms with E-state index in [0.29, 0.717) is 0 Å². The molecule has 4 aromatic carbocycles. The van der Waals surface area contributed by atoms with E-state index in [2.05, 4.69) is 123 Å². The lowest BCUT2D eigenvalue weighted by molar-refractivity contribution is 1.25. The third-order valence-corrected chi connectivity index (χ3v) is 6.06. The second-order valence-corrected chi connectivity index (χ2v) is 8.32. The molecule has 0 amide bonds. The van der Waals surface area contributed by atoms with E-state index in [9.17, 15) is 0 Å². The van der Waals surface area contributed by atoms with Crippen molar-refractivity contribution in [3.05, 3.63) is 113 Å². The summed E-state index contributed by atoms with van der Waals surface area (Å²) in [4.78, 5) is 0. The Hall–Kier alpha value is -3.58. The summed E-state index contributed by atoms with van der Waals surface area (Å²) in [6.45, 7) is 6.49. The first-order chi connectivity index (χ1) is 15.6. The minimum atomic E-state index is 0.968. The molecule has 0 aliphatic rings. The third kappa shape index (κ3) is 4.53. The summed E-state index contributed by atoms with van der Waals surface area (Å²) in [7, 11) is 2.03. The van der Waals surface area contributed by atoms with E-state index in [1.54, 1.807) is 0 Å². The SMILES string of the molecule is CC/C(=C\c1c(-c2ccc(C)cc2)ccc(-c2ccc(C)cc2)c1NC)c1ccccc1. The van der Waals surface area contributed by atoms with E-state index in [1.807, 2.05) is 7.05 Å². The standard InChI is InChI=1S/C31H31N/c1-5-24(25-9-7-6-8-10-25)21-30-28(26-15-11-22(2)12-16-26)19-20-29(31(30)32-4)27-17-13-23(3)14-18-27/h6-21,32H,5H2,1-4H3/b24-21+. The topological polar surface area (TPSA) is 12.0 Å². The van der Waals surface area contributed by atoms with Crippen LogP contribution in [0, 0.1) is 13.8 Å². The first-order valence-corrected chi connectivity index (χ1v) is 11.4. The predicted molar refractivity (Wildman–Crippen MR) is 141 cm³/mol. The molecule has 160 valence electrons. The number of hydrogen-bond donors (Lipinski definition) is 1. The van der Waals surface area contributed by atoms with Crippen LogP contribution in [0.15, 0.2) is 91.0 Å². The molecule has 0 unspecified atom stereocenters. The molecule has 1 heteroatoms. The Bertz CT molecular complexity index is 1210. The highest BCUT2D eigenvalue weighted by atomic mass is 14.8. The molecule has 32 heavy (non-hydrogen) atoms. The Kier molecular flexibility index (Phi) is 6.56. The van der Waals surface area contributed by atoms with Gasteiger partial charge in [0, 0.05) is 23.9 Å². The van der Waals surface area contributed by atoms with Crippen LogP contribution in [0.4, 0.5) is 5.69 Å². The van der Waals surface area contributed by atoms with Gasteiger partial charge in [-0.1, -0.05) is 109 Å². The van der Waals surface area contributed by atoms with Crippen LogP contribution in [0.2, 0.25) is 0 Å². The summed E-state index contributed by atoms with van der Waals surface area (Å²) in [5.41, 5.74) is 12.5. The largest absolute Gasteiger partial charge is 0.387 e. The molecule has 0 fully saturated rings. The van der Waals surface area contributed by atoms with Crippen molar-refractivity contribution in [3.63, 3.8) is 0 Å². The molecule has 0 aromatic heterocycles. The highest BCUT2D eigenvalue weighted by molar-refractivity contribution is 5.97. The van der Waals surface area contributed by atoms with Crippen molar-refractivity contribution in [2.45, 2.75) is 27.2 Å². The molecule has 0 spiro atoms. The molecule has 0 saturated heterocycles. The van der Waals surface area contributed by atoms with Gasteiger partial charge in [0.25, 0.3) is 0 Å². The maximum atomic E-state index is 3.54. The van der Waals surface area contributed by atoms with Gasteiger partial charge in [-0.2, -0.15) is 0 Å². The van der Waals surface area contributed by atoms with Crippen LogP contribution < -0.4 is 5.32 Å². The van der Waals surface area contributed by atoms with Gasteiger partial charge in [0.1, 0.15) is 0 Å². The smallest absolute Gasteiger partial charge is 0.0497 e. The first kappa shape index (κ1) is 21.6. The van der Waals surface area contributed by atoms with Crippen molar-refractivity contribution in [2.24, 2.45) is 0 Å². The zero-order valence-electron chi connectivity index (χ0n) is 19.4. The summed E-state index contributed by atoms with van der Waals surface area (Å²) in [5, 5.41) is 3.54. The Morgan fingerprint density at radius 2 is 1.22 bits per heavy atom. The fraction of sp³-hybridized carbons (Fsp3) is 0.161. The molecule has 4 rings (SSSR count). The van der Waals surface area contributed by atoms with Crippen LogP contribution in [0.5, 0.6) is 0 Å². The van der Waals surface area contributed by atoms with Gasteiger partial charge in [-0.25, -0.2) is 0 Å². The average molecular weight is 418 g/mol. The van der Waals surface area contributed by atoms with E-state index in [0.717, 1.165) is 12.1 Å². The van der Waals surface area contributed by atoms with E-state index < -0.39 is 0 Å². The van der Waals surface area contributed by atoms with Crippen molar-refractivity contribution in [1.29, 1.82) is 0 Å². The lowest BCUT2D eigenvalue weighted by Gasteiger charge is -2.19. The summed E-state index contributed by atoms with van der Waals surface area (Å²) < 4.78 is 0. The van der Waals surface area contributed by atoms with Gasteiger partial charge >= 0.3 is 0 Å². The van der Waals surface area contributed by atoms with Crippen LogP contribution in [-0.2, 0) is 0 Å². The highest BCUT2D eigenvalue weighted by Gasteiger charge is 2.15. The lowest BCUT2D eigenvalue weighted by Crippen LogP contribution is -1.99. The fourth-order valence-corrected chi connectivity index (χ4v) is 4.21. The number of nitrogens with one attached hydrogen (secondary N) is 1. The molecule has 4 aromatic rings. The van der Waals surface area contributed by atoms with Crippen LogP contribution in [0.1, 0.15) is 35.6 Å². The summed E-state index contributed by atoms with van der Waals surface area (Å²) >= 11 is 0. The lowest BCUT2D eigenvalue weighted by atomic mass is 9.89. The summed E-state index contributed by atoms with van der Waals surface area (Å²) in [6, 6.07) is 32.8. The number of rotatable bonds is 6. The van der Waals surface area contributed by atoms with Crippen LogP contribution in [0.3, 0.4) is 0 Å². The second kappa shape index (κ2) is 9.70. The molecule has 0 aliphatic carbocycles. The maximum absolute atomic E-state index is 3.54. The minimum absolute atomic E-state index is 0.968. The van der Waals surface area contributed by atoms with Crippen LogP contribution in [-0.4, -0.2) is 7.05 Å². The Morgan fingerprint density at radius 1 is 0.688 bits per heavy atom. The van der Waals surface area contributed by atoms with Gasteiger partial charge in [-0.3, -0.25) is 0 Å². The molecule has 1 nitrogen and oxygen atoms in total. The van der Waals surface area contributed by atoms with E-state index in [-0.39, 0.29) is 0 Å². The van der Waals surface area contributed by atoms with Crippen molar-refractivity contribution in [1.82, 2.24) is 0 Å². The zero-order chi connectivity index (χ0) is 22.5. The number of hydrogen-bond acceptors (Lipinski definition) is 1. The molecule has 0 bridgehead atoms. The Morgan fingerprint density at radius 3 is 1.75 bits per heavy atom. The predicted octanol–water partition coefficient (Wildman–Crippen LogP) is 8.63. The van der Waals surface area contributed by atoms with Crippen molar-refractivity contribution < 1.29 is 0 Å². The average Bonchev–Trinajstić information content (AvgIpc) is 2.83. The Labute approximate surface area is 192 Å². The second-order valence-electron chi connectivity index (χ2n) is 8.32. The first-order valence-electron chi connectivity index (χ1n) is 11.4. The van der Waals surface area contributed by atoms with E-state index >= 15 is 0 Å². The molecule has 0 saturated carbocycles. The number of anilines is 1. The minimum Gasteiger partial charge on any atom is -0.387 e. The van der Waals surface area contributed by atoms with Gasteiger partial charge in [0.05, 0.1) is 0 Å². The van der Waals surface area contributed by atoms with E-state index in [1.165, 1.54) is 50.1 Å². The quantitative estimate of drug-likeness (QED) is 0.310. The van der Waals surface area contributed by atoms with Gasteiger partial charge in [-0.15, -0.1) is 0 Å². The monoisotopic (exact) mass is 417 g/mol. The summed E-state index contributed by atoms with van der Waals surface area (Å²) in [5.74, 6) is 0. The zero-order valence-corrected chi connectivity index (χ0v) is 19.4. The molecule has 0 aliphatic heterocycles. The molecule has 1 N–H and O–H groups in total. The van der Waals surface area contributed by atoms with Crippen molar-refractivity contribution >= 4 is 17.3 Å². The number of aryl methyl sites for hydroxylation is 2.